The van der Waals surface area contributed by atoms with Gasteiger partial charge in [-0.05, 0) is 39.9 Å². The number of carbonyl (C=O) groups excluding carboxylic acids is 1. The predicted octanol–water partition coefficient (Wildman–Crippen LogP) is 5.08. The van der Waals surface area contributed by atoms with Gasteiger partial charge in [0.25, 0.3) is 0 Å². The Morgan fingerprint density at radius 2 is 1.59 bits per heavy atom. The molecule has 3 aromatic rings. The van der Waals surface area contributed by atoms with Crippen LogP contribution in [0.25, 0.3) is 11.1 Å². The maximum atomic E-state index is 12.2. The fourth-order valence-corrected chi connectivity index (χ4v) is 3.87. The molecule has 0 spiro atoms. The second kappa shape index (κ2) is 7.97. The normalized spacial score (nSPS) is 12.2. The maximum Gasteiger partial charge on any atom is 0.407 e. The molecule has 0 aliphatic heterocycles. The number of carboxylic acids is 1. The molecule has 6 heteroatoms. The Morgan fingerprint density at radius 3 is 2.21 bits per heavy atom. The van der Waals surface area contributed by atoms with Crippen molar-refractivity contribution in [2.24, 2.45) is 0 Å². The molecule has 0 saturated carbocycles. The Morgan fingerprint density at radius 1 is 0.966 bits per heavy atom. The molecule has 0 fully saturated rings. The van der Waals surface area contributed by atoms with E-state index < -0.39 is 12.1 Å². The number of nitrogens with one attached hydrogen (secondary N) is 1. The number of hydrogen-bond acceptors (Lipinski definition) is 3. The molecule has 0 radical (unpaired) electrons. The lowest BCUT2D eigenvalue weighted by Gasteiger charge is -2.14. The number of carbonyl (C=O) groups is 2. The van der Waals surface area contributed by atoms with Gasteiger partial charge < -0.3 is 15.2 Å². The summed E-state index contributed by atoms with van der Waals surface area (Å²) in [7, 11) is 0. The largest absolute Gasteiger partial charge is 0.478 e. The van der Waals surface area contributed by atoms with Crippen LogP contribution >= 0.6 is 11.6 Å². The molecule has 0 aromatic heterocycles. The Bertz CT molecular complexity index is 1050. The highest BCUT2D eigenvalue weighted by atomic mass is 35.5. The number of benzene rings is 3. The topological polar surface area (TPSA) is 75.6 Å². The third kappa shape index (κ3) is 3.82. The summed E-state index contributed by atoms with van der Waals surface area (Å²) in [5, 5.41) is 12.0. The quantitative estimate of drug-likeness (QED) is 0.618. The van der Waals surface area contributed by atoms with Crippen LogP contribution in [0, 0.1) is 0 Å². The Balaban J connectivity index is 1.41. The number of alkyl carbamates (subject to hydrolysis) is 1. The molecule has 4 rings (SSSR count). The summed E-state index contributed by atoms with van der Waals surface area (Å²) >= 11 is 5.87. The van der Waals surface area contributed by atoms with Crippen LogP contribution in [0.2, 0.25) is 5.02 Å². The Kier molecular flexibility index (Phi) is 5.23. The van der Waals surface area contributed by atoms with Gasteiger partial charge in [0.2, 0.25) is 0 Å². The highest BCUT2D eigenvalue weighted by Gasteiger charge is 2.28. The van der Waals surface area contributed by atoms with Crippen molar-refractivity contribution in [2.75, 3.05) is 6.61 Å². The van der Waals surface area contributed by atoms with Crippen LogP contribution < -0.4 is 5.32 Å². The number of carboxylic acid groups (broad SMARTS) is 1. The van der Waals surface area contributed by atoms with Crippen molar-refractivity contribution in [2.45, 2.75) is 12.5 Å². The first-order valence-corrected chi connectivity index (χ1v) is 9.53. The molecule has 1 aliphatic carbocycles. The molecule has 1 amide bonds. The van der Waals surface area contributed by atoms with Gasteiger partial charge >= 0.3 is 12.1 Å². The van der Waals surface area contributed by atoms with E-state index >= 15 is 0 Å². The molecular weight excluding hydrogens is 390 g/mol. The highest BCUT2D eigenvalue weighted by molar-refractivity contribution is 6.33. The van der Waals surface area contributed by atoms with Crippen molar-refractivity contribution < 1.29 is 19.4 Å². The number of ether oxygens (including phenoxy) is 1. The third-order valence-electron chi connectivity index (χ3n) is 5.04. The molecule has 0 heterocycles. The number of fused-ring (bicyclic) bond motifs is 3. The van der Waals surface area contributed by atoms with E-state index in [0.29, 0.717) is 5.56 Å². The van der Waals surface area contributed by atoms with Gasteiger partial charge in [0.1, 0.15) is 6.61 Å². The van der Waals surface area contributed by atoms with Gasteiger partial charge in [-0.2, -0.15) is 0 Å². The zero-order valence-electron chi connectivity index (χ0n) is 15.4. The zero-order valence-corrected chi connectivity index (χ0v) is 16.1. The molecule has 0 bridgehead atoms. The molecule has 0 atom stereocenters. The van der Waals surface area contributed by atoms with Crippen molar-refractivity contribution in [1.29, 1.82) is 0 Å². The minimum atomic E-state index is -1.11. The van der Waals surface area contributed by atoms with Gasteiger partial charge in [0, 0.05) is 12.5 Å². The van der Waals surface area contributed by atoms with Crippen LogP contribution in [0.4, 0.5) is 4.79 Å². The summed E-state index contributed by atoms with van der Waals surface area (Å²) in [6.45, 7) is 0.370. The van der Waals surface area contributed by atoms with Crippen LogP contribution in [0.3, 0.4) is 0 Å². The van der Waals surface area contributed by atoms with E-state index in [-0.39, 0.29) is 29.7 Å². The minimum Gasteiger partial charge on any atom is -0.478 e. The van der Waals surface area contributed by atoms with Crippen molar-refractivity contribution in [3.05, 3.63) is 94.0 Å². The van der Waals surface area contributed by atoms with E-state index in [9.17, 15) is 9.59 Å². The lowest BCUT2D eigenvalue weighted by Crippen LogP contribution is -2.25. The first-order chi connectivity index (χ1) is 14.0. The van der Waals surface area contributed by atoms with Gasteiger partial charge in [-0.3, -0.25) is 0 Å². The van der Waals surface area contributed by atoms with Crippen molar-refractivity contribution in [3.63, 3.8) is 0 Å². The molecule has 3 aromatic carbocycles. The molecular formula is C23H18ClNO4. The maximum absolute atomic E-state index is 12.2. The summed E-state index contributed by atoms with van der Waals surface area (Å²) in [6.07, 6.45) is -0.557. The van der Waals surface area contributed by atoms with Gasteiger partial charge in [0.15, 0.2) is 0 Å². The van der Waals surface area contributed by atoms with E-state index in [0.717, 1.165) is 11.1 Å². The summed E-state index contributed by atoms with van der Waals surface area (Å²) < 4.78 is 5.47. The fraction of sp³-hybridized carbons (Fsp3) is 0.130. The zero-order chi connectivity index (χ0) is 20.4. The van der Waals surface area contributed by atoms with Crippen LogP contribution in [-0.2, 0) is 11.3 Å². The molecule has 29 heavy (non-hydrogen) atoms. The van der Waals surface area contributed by atoms with E-state index in [4.69, 9.17) is 21.4 Å². The lowest BCUT2D eigenvalue weighted by atomic mass is 9.98. The van der Waals surface area contributed by atoms with Gasteiger partial charge in [-0.15, -0.1) is 0 Å². The first kappa shape index (κ1) is 19.0. The average molecular weight is 408 g/mol. The molecule has 146 valence electrons. The molecule has 2 N–H and O–H groups in total. The number of amides is 1. The van der Waals surface area contributed by atoms with Gasteiger partial charge in [0.05, 0.1) is 10.6 Å². The fourth-order valence-electron chi connectivity index (χ4n) is 3.67. The molecule has 0 saturated heterocycles. The summed E-state index contributed by atoms with van der Waals surface area (Å²) in [5.74, 6) is -1.12. The smallest absolute Gasteiger partial charge is 0.407 e. The molecule has 1 aliphatic rings. The number of halogens is 1. The SMILES string of the molecule is O=C(NCc1ccc(Cl)c(C(=O)O)c1)OCC1c2ccccc2-c2ccccc21. The van der Waals surface area contributed by atoms with E-state index in [1.807, 2.05) is 24.3 Å². The number of hydrogen-bond donors (Lipinski definition) is 2. The van der Waals surface area contributed by atoms with Crippen LogP contribution in [0.15, 0.2) is 66.7 Å². The second-order valence-electron chi connectivity index (χ2n) is 6.80. The Hall–Kier alpha value is -3.31. The highest BCUT2D eigenvalue weighted by Crippen LogP contribution is 2.44. The Labute approximate surface area is 172 Å². The van der Waals surface area contributed by atoms with Crippen molar-refractivity contribution >= 4 is 23.7 Å². The first-order valence-electron chi connectivity index (χ1n) is 9.15. The monoisotopic (exact) mass is 407 g/mol. The van der Waals surface area contributed by atoms with Crippen molar-refractivity contribution in [1.82, 2.24) is 5.32 Å². The average Bonchev–Trinajstić information content (AvgIpc) is 3.05. The van der Waals surface area contributed by atoms with Gasteiger partial charge in [-0.25, -0.2) is 9.59 Å². The summed E-state index contributed by atoms with van der Waals surface area (Å²) in [5.41, 5.74) is 5.24. The molecule has 0 unspecified atom stereocenters. The number of rotatable bonds is 5. The third-order valence-corrected chi connectivity index (χ3v) is 5.37. The number of aromatic carboxylic acids is 1. The summed E-state index contributed by atoms with van der Waals surface area (Å²) in [6, 6.07) is 20.9. The van der Waals surface area contributed by atoms with E-state index in [2.05, 4.69) is 29.6 Å². The standard InChI is InChI=1S/C23H18ClNO4/c24-21-10-9-14(11-19(21)22(26)27)12-25-23(28)29-13-20-17-7-3-1-5-15(17)16-6-2-4-8-18(16)20/h1-11,20H,12-13H2,(H,25,28)(H,26,27). The predicted molar refractivity (Wildman–Crippen MR) is 110 cm³/mol. The minimum absolute atomic E-state index is 0.00139. The second-order valence-corrected chi connectivity index (χ2v) is 7.21. The molecule has 5 nitrogen and oxygen atoms in total. The summed E-state index contributed by atoms with van der Waals surface area (Å²) in [4.78, 5) is 23.4. The van der Waals surface area contributed by atoms with E-state index in [1.54, 1.807) is 6.07 Å². The lowest BCUT2D eigenvalue weighted by molar-refractivity contribution is 0.0697. The van der Waals surface area contributed by atoms with Crippen LogP contribution in [0.5, 0.6) is 0 Å². The van der Waals surface area contributed by atoms with Gasteiger partial charge in [-0.1, -0.05) is 66.2 Å². The van der Waals surface area contributed by atoms with Crippen LogP contribution in [-0.4, -0.2) is 23.8 Å². The van der Waals surface area contributed by atoms with Crippen LogP contribution in [0.1, 0.15) is 33.0 Å². The van der Waals surface area contributed by atoms with Crippen molar-refractivity contribution in [3.8, 4) is 11.1 Å². The van der Waals surface area contributed by atoms with E-state index in [1.165, 1.54) is 23.3 Å².